The van der Waals surface area contributed by atoms with Crippen LogP contribution in [0.15, 0.2) is 33.9 Å². The summed E-state index contributed by atoms with van der Waals surface area (Å²) in [6, 6.07) is 8.52. The number of nitrogens with zero attached hydrogens (tertiary/aromatic N) is 2. The van der Waals surface area contributed by atoms with Crippen molar-refractivity contribution in [2.75, 3.05) is 0 Å². The smallest absolute Gasteiger partial charge is 0.277 e. The molecule has 2 rings (SSSR count). The van der Waals surface area contributed by atoms with Crippen LogP contribution in [-0.2, 0) is 5.75 Å². The molecule has 0 saturated heterocycles. The normalized spacial score (nSPS) is 14.2. The maximum Gasteiger partial charge on any atom is 0.277 e. The van der Waals surface area contributed by atoms with Gasteiger partial charge in [-0.05, 0) is 18.9 Å². The third-order valence-electron chi connectivity index (χ3n) is 3.51. The fourth-order valence-electron chi connectivity index (χ4n) is 1.90. The first kappa shape index (κ1) is 15.1. The standard InChI is InChI=1S/C15H21N3OS/c1-4-11(3)13(16)14-17-18-15(19-14)20-9-12-7-5-6-10(2)8-12/h5-8,11,13H,4,9,16H2,1-3H3/p+1/t11-,13-/m0/s1. The second-order valence-electron chi connectivity index (χ2n) is 5.18. The Morgan fingerprint density at radius 3 is 2.85 bits per heavy atom. The quantitative estimate of drug-likeness (QED) is 0.831. The maximum atomic E-state index is 5.70. The van der Waals surface area contributed by atoms with E-state index in [1.807, 2.05) is 0 Å². The van der Waals surface area contributed by atoms with Gasteiger partial charge >= 0.3 is 0 Å². The van der Waals surface area contributed by atoms with Crippen LogP contribution in [0.3, 0.4) is 0 Å². The van der Waals surface area contributed by atoms with Crippen LogP contribution in [0.1, 0.15) is 43.3 Å². The van der Waals surface area contributed by atoms with Crippen molar-refractivity contribution in [2.24, 2.45) is 5.92 Å². The molecule has 108 valence electrons. The van der Waals surface area contributed by atoms with E-state index in [1.54, 1.807) is 11.8 Å². The molecule has 0 spiro atoms. The minimum Gasteiger partial charge on any atom is -0.410 e. The first-order valence-electron chi connectivity index (χ1n) is 6.95. The lowest BCUT2D eigenvalue weighted by molar-refractivity contribution is -0.444. The molecular weight excluding hydrogens is 270 g/mol. The van der Waals surface area contributed by atoms with Crippen LogP contribution in [-0.4, -0.2) is 10.2 Å². The predicted octanol–water partition coefficient (Wildman–Crippen LogP) is 3.00. The number of aryl methyl sites for hydroxylation is 1. The highest BCUT2D eigenvalue weighted by molar-refractivity contribution is 7.98. The van der Waals surface area contributed by atoms with Gasteiger partial charge in [-0.3, -0.25) is 0 Å². The molecule has 4 nitrogen and oxygen atoms in total. The Labute approximate surface area is 124 Å². The van der Waals surface area contributed by atoms with Crippen LogP contribution in [0.2, 0.25) is 0 Å². The van der Waals surface area contributed by atoms with E-state index in [-0.39, 0.29) is 6.04 Å². The number of quaternary nitrogens is 1. The Morgan fingerprint density at radius 1 is 1.35 bits per heavy atom. The first-order valence-corrected chi connectivity index (χ1v) is 7.93. The number of hydrogen-bond donors (Lipinski definition) is 1. The second kappa shape index (κ2) is 6.90. The minimum atomic E-state index is 0.0702. The van der Waals surface area contributed by atoms with Gasteiger partial charge in [-0.25, -0.2) is 0 Å². The number of aromatic nitrogens is 2. The van der Waals surface area contributed by atoms with Gasteiger partial charge in [-0.1, -0.05) is 55.4 Å². The van der Waals surface area contributed by atoms with E-state index in [0.717, 1.165) is 12.2 Å². The maximum absolute atomic E-state index is 5.70. The summed E-state index contributed by atoms with van der Waals surface area (Å²) in [5.41, 5.74) is 6.65. The summed E-state index contributed by atoms with van der Waals surface area (Å²) < 4.78 is 5.70. The van der Waals surface area contributed by atoms with Crippen molar-refractivity contribution in [3.8, 4) is 0 Å². The van der Waals surface area contributed by atoms with Gasteiger partial charge < -0.3 is 10.2 Å². The zero-order chi connectivity index (χ0) is 14.5. The lowest BCUT2D eigenvalue weighted by Crippen LogP contribution is -2.56. The summed E-state index contributed by atoms with van der Waals surface area (Å²) in [5.74, 6) is 1.94. The highest BCUT2D eigenvalue weighted by atomic mass is 32.2. The molecule has 0 aliphatic carbocycles. The van der Waals surface area contributed by atoms with Crippen LogP contribution in [0, 0.1) is 12.8 Å². The molecule has 0 aliphatic rings. The topological polar surface area (TPSA) is 66.6 Å². The summed E-state index contributed by atoms with van der Waals surface area (Å²) in [7, 11) is 0. The minimum absolute atomic E-state index is 0.0702. The van der Waals surface area contributed by atoms with E-state index >= 15 is 0 Å². The van der Waals surface area contributed by atoms with Crippen LogP contribution >= 0.6 is 11.8 Å². The summed E-state index contributed by atoms with van der Waals surface area (Å²) in [4.78, 5) is 0. The molecule has 0 saturated carbocycles. The van der Waals surface area contributed by atoms with Gasteiger partial charge in [0.25, 0.3) is 11.1 Å². The van der Waals surface area contributed by atoms with Gasteiger partial charge in [-0.2, -0.15) is 0 Å². The van der Waals surface area contributed by atoms with Crippen molar-refractivity contribution in [3.63, 3.8) is 0 Å². The lowest BCUT2D eigenvalue weighted by Gasteiger charge is -2.09. The highest BCUT2D eigenvalue weighted by Crippen LogP contribution is 2.25. The Balaban J connectivity index is 1.96. The monoisotopic (exact) mass is 292 g/mol. The molecule has 0 radical (unpaired) electrons. The van der Waals surface area contributed by atoms with E-state index in [4.69, 9.17) is 4.42 Å². The Bertz CT molecular complexity index is 556. The third kappa shape index (κ3) is 3.84. The number of benzene rings is 1. The fourth-order valence-corrected chi connectivity index (χ4v) is 2.62. The molecule has 1 aromatic carbocycles. The first-order chi connectivity index (χ1) is 9.60. The van der Waals surface area contributed by atoms with Crippen molar-refractivity contribution < 1.29 is 10.2 Å². The molecule has 0 bridgehead atoms. The van der Waals surface area contributed by atoms with E-state index < -0.39 is 0 Å². The van der Waals surface area contributed by atoms with E-state index in [0.29, 0.717) is 17.0 Å². The van der Waals surface area contributed by atoms with Gasteiger partial charge in [0.2, 0.25) is 0 Å². The SMILES string of the molecule is CC[C@H](C)[C@H]([NH3+])c1nnc(SCc2cccc(C)c2)o1. The Morgan fingerprint density at radius 2 is 2.15 bits per heavy atom. The zero-order valence-corrected chi connectivity index (χ0v) is 13.1. The van der Waals surface area contributed by atoms with E-state index in [9.17, 15) is 0 Å². The lowest BCUT2D eigenvalue weighted by atomic mass is 10.0. The molecule has 2 aromatic rings. The average Bonchev–Trinajstić information content (AvgIpc) is 2.92. The average molecular weight is 292 g/mol. The summed E-state index contributed by atoms with van der Waals surface area (Å²) >= 11 is 1.57. The van der Waals surface area contributed by atoms with Crippen molar-refractivity contribution in [3.05, 3.63) is 41.3 Å². The van der Waals surface area contributed by atoms with Crippen LogP contribution in [0.5, 0.6) is 0 Å². The number of thioether (sulfide) groups is 1. The molecular formula is C15H22N3OS+. The van der Waals surface area contributed by atoms with E-state index in [2.05, 4.69) is 61.0 Å². The summed E-state index contributed by atoms with van der Waals surface area (Å²) in [6.45, 7) is 6.40. The van der Waals surface area contributed by atoms with Crippen molar-refractivity contribution >= 4 is 11.8 Å². The molecule has 0 unspecified atom stereocenters. The Hall–Kier alpha value is -1.33. The second-order valence-corrected chi connectivity index (χ2v) is 6.10. The van der Waals surface area contributed by atoms with Crippen molar-refractivity contribution in [1.82, 2.24) is 10.2 Å². The fraction of sp³-hybridized carbons (Fsp3) is 0.467. The van der Waals surface area contributed by atoms with Crippen LogP contribution < -0.4 is 5.73 Å². The van der Waals surface area contributed by atoms with Gasteiger partial charge in [0, 0.05) is 11.7 Å². The number of rotatable bonds is 6. The van der Waals surface area contributed by atoms with Gasteiger partial charge in [-0.15, -0.1) is 10.2 Å². The largest absolute Gasteiger partial charge is 0.410 e. The molecule has 0 aliphatic heterocycles. The van der Waals surface area contributed by atoms with E-state index in [1.165, 1.54) is 11.1 Å². The van der Waals surface area contributed by atoms with Gasteiger partial charge in [0.15, 0.2) is 6.04 Å². The molecule has 5 heteroatoms. The summed E-state index contributed by atoms with van der Waals surface area (Å²) in [6.07, 6.45) is 1.06. The van der Waals surface area contributed by atoms with Gasteiger partial charge in [0.05, 0.1) is 0 Å². The molecule has 1 aromatic heterocycles. The highest BCUT2D eigenvalue weighted by Gasteiger charge is 2.23. The molecule has 1 heterocycles. The zero-order valence-electron chi connectivity index (χ0n) is 12.3. The van der Waals surface area contributed by atoms with Crippen LogP contribution in [0.4, 0.5) is 0 Å². The van der Waals surface area contributed by atoms with Crippen LogP contribution in [0.25, 0.3) is 0 Å². The van der Waals surface area contributed by atoms with Gasteiger partial charge in [0.1, 0.15) is 0 Å². The molecule has 0 amide bonds. The molecule has 20 heavy (non-hydrogen) atoms. The Kier molecular flexibility index (Phi) is 5.20. The predicted molar refractivity (Wildman–Crippen MR) is 80.1 cm³/mol. The van der Waals surface area contributed by atoms with Crippen molar-refractivity contribution in [1.29, 1.82) is 0 Å². The summed E-state index contributed by atoms with van der Waals surface area (Å²) in [5, 5.41) is 8.84. The number of hydrogen-bond acceptors (Lipinski definition) is 4. The third-order valence-corrected chi connectivity index (χ3v) is 4.40. The molecule has 2 atom stereocenters. The molecule has 3 N–H and O–H groups in total. The molecule has 0 fully saturated rings. The van der Waals surface area contributed by atoms with Crippen molar-refractivity contribution in [2.45, 2.75) is 44.2 Å².